The average molecular weight is 386 g/mol. The molecule has 0 spiro atoms. The molecule has 0 aliphatic rings. The molecule has 0 aliphatic heterocycles. The van der Waals surface area contributed by atoms with Crippen LogP contribution in [-0.4, -0.2) is 11.7 Å². The second-order valence-electron chi connectivity index (χ2n) is 3.91. The molecule has 0 saturated carbocycles. The first-order chi connectivity index (χ1) is 8.47. The van der Waals surface area contributed by atoms with Gasteiger partial charge in [-0.2, -0.15) is 8.42 Å². The summed E-state index contributed by atoms with van der Waals surface area (Å²) in [5.41, 5.74) is 0. The first kappa shape index (κ1) is 15.7. The third kappa shape index (κ3) is 4.72. The van der Waals surface area contributed by atoms with Gasteiger partial charge >= 0.3 is 10.1 Å². The lowest BCUT2D eigenvalue weighted by molar-refractivity contribution is 0.457. The van der Waals surface area contributed by atoms with Crippen LogP contribution in [0.4, 0.5) is 4.39 Å². The third-order valence-electron chi connectivity index (χ3n) is 2.39. The van der Waals surface area contributed by atoms with Gasteiger partial charge in [0.2, 0.25) is 0 Å². The second kappa shape index (κ2) is 7.28. The molecule has 0 heterocycles. The Balaban J connectivity index is 2.67. The molecule has 1 rings (SSSR count). The van der Waals surface area contributed by atoms with Gasteiger partial charge in [-0.1, -0.05) is 60.9 Å². The highest BCUT2D eigenvalue weighted by Crippen LogP contribution is 2.24. The minimum absolute atomic E-state index is 0.241. The molecule has 1 unspecified atom stereocenters. The third-order valence-corrected chi connectivity index (χ3v) is 6.16. The van der Waals surface area contributed by atoms with E-state index in [1.807, 2.05) is 29.5 Å². The maximum Gasteiger partial charge on any atom is 0.321 e. The highest BCUT2D eigenvalue weighted by atomic mass is 127. The summed E-state index contributed by atoms with van der Waals surface area (Å²) in [6, 6.07) is 5.50. The maximum absolute atomic E-state index is 13.3. The minimum atomic E-state index is -3.77. The molecule has 1 aromatic carbocycles. The number of para-hydroxylation sites is 1. The van der Waals surface area contributed by atoms with Crippen LogP contribution in [0.3, 0.4) is 0 Å². The Hall–Kier alpha value is -0.370. The number of rotatable bonds is 7. The predicted molar refractivity (Wildman–Crippen MR) is 77.9 cm³/mol. The number of unbranched alkanes of at least 4 members (excludes halogenated alkanes) is 2. The van der Waals surface area contributed by atoms with Crippen molar-refractivity contribution in [2.24, 2.45) is 0 Å². The van der Waals surface area contributed by atoms with E-state index in [0.717, 1.165) is 19.3 Å². The summed E-state index contributed by atoms with van der Waals surface area (Å²) in [5.74, 6) is -0.909. The first-order valence-corrected chi connectivity index (χ1v) is 8.51. The lowest BCUT2D eigenvalue weighted by Gasteiger charge is -2.12. The van der Waals surface area contributed by atoms with Crippen molar-refractivity contribution in [3.63, 3.8) is 0 Å². The van der Waals surface area contributed by atoms with Crippen molar-refractivity contribution in [2.75, 3.05) is 0 Å². The Labute approximate surface area is 121 Å². The fraction of sp³-hybridized carbons (Fsp3) is 0.500. The Morgan fingerprint density at radius 3 is 2.61 bits per heavy atom. The van der Waals surface area contributed by atoms with Gasteiger partial charge in [0.25, 0.3) is 0 Å². The van der Waals surface area contributed by atoms with Crippen LogP contribution in [0.25, 0.3) is 0 Å². The monoisotopic (exact) mass is 386 g/mol. The van der Waals surface area contributed by atoms with Crippen molar-refractivity contribution in [3.8, 4) is 5.75 Å². The van der Waals surface area contributed by atoms with Gasteiger partial charge < -0.3 is 4.18 Å². The normalized spacial score (nSPS) is 13.3. The van der Waals surface area contributed by atoms with Crippen LogP contribution >= 0.6 is 22.6 Å². The predicted octanol–water partition coefficient (Wildman–Crippen LogP) is 3.88. The zero-order chi connectivity index (χ0) is 13.6. The fourth-order valence-corrected chi connectivity index (χ4v) is 3.09. The van der Waals surface area contributed by atoms with Gasteiger partial charge in [-0.05, 0) is 18.6 Å². The summed E-state index contributed by atoms with van der Waals surface area (Å²) in [6.07, 6.45) is 3.35. The smallest absolute Gasteiger partial charge is 0.321 e. The SMILES string of the molecule is CCCCCC(I)S(=O)(=O)Oc1ccccc1F. The molecule has 18 heavy (non-hydrogen) atoms. The molecule has 0 saturated heterocycles. The zero-order valence-corrected chi connectivity index (χ0v) is 13.1. The molecular weight excluding hydrogens is 370 g/mol. The molecule has 102 valence electrons. The van der Waals surface area contributed by atoms with Crippen molar-refractivity contribution in [3.05, 3.63) is 30.1 Å². The van der Waals surface area contributed by atoms with Crippen LogP contribution in [0.5, 0.6) is 5.75 Å². The van der Waals surface area contributed by atoms with Gasteiger partial charge in [0.15, 0.2) is 11.6 Å². The summed E-state index contributed by atoms with van der Waals surface area (Å²) >= 11 is 1.83. The van der Waals surface area contributed by atoms with Crippen molar-refractivity contribution >= 4 is 32.7 Å². The Morgan fingerprint density at radius 1 is 1.33 bits per heavy atom. The fourth-order valence-electron chi connectivity index (χ4n) is 1.39. The van der Waals surface area contributed by atoms with E-state index in [1.54, 1.807) is 0 Å². The average Bonchev–Trinajstić information content (AvgIpc) is 2.32. The summed E-state index contributed by atoms with van der Waals surface area (Å²) in [6.45, 7) is 2.05. The Kier molecular flexibility index (Phi) is 6.34. The van der Waals surface area contributed by atoms with Crippen molar-refractivity contribution in [2.45, 2.75) is 35.9 Å². The van der Waals surface area contributed by atoms with Crippen molar-refractivity contribution < 1.29 is 17.0 Å². The van der Waals surface area contributed by atoms with E-state index in [2.05, 4.69) is 0 Å². The molecule has 3 nitrogen and oxygen atoms in total. The van der Waals surface area contributed by atoms with Gasteiger partial charge in [-0.15, -0.1) is 0 Å². The van der Waals surface area contributed by atoms with Gasteiger partial charge in [-0.25, -0.2) is 4.39 Å². The van der Waals surface area contributed by atoms with Crippen LogP contribution in [-0.2, 0) is 10.1 Å². The van der Waals surface area contributed by atoms with Crippen molar-refractivity contribution in [1.82, 2.24) is 0 Å². The van der Waals surface area contributed by atoms with Gasteiger partial charge in [0.1, 0.15) is 3.26 Å². The van der Waals surface area contributed by atoms with Gasteiger partial charge in [0, 0.05) is 0 Å². The summed E-state index contributed by atoms with van der Waals surface area (Å²) in [4.78, 5) is 0. The van der Waals surface area contributed by atoms with Crippen LogP contribution in [0.2, 0.25) is 0 Å². The lowest BCUT2D eigenvalue weighted by atomic mass is 10.2. The lowest BCUT2D eigenvalue weighted by Crippen LogP contribution is -2.21. The molecule has 0 aliphatic carbocycles. The van der Waals surface area contributed by atoms with E-state index in [9.17, 15) is 12.8 Å². The largest absolute Gasteiger partial charge is 0.379 e. The van der Waals surface area contributed by atoms with Gasteiger partial charge in [-0.3, -0.25) is 0 Å². The number of benzene rings is 1. The van der Waals surface area contributed by atoms with E-state index < -0.39 is 19.2 Å². The first-order valence-electron chi connectivity index (χ1n) is 5.79. The summed E-state index contributed by atoms with van der Waals surface area (Å²) in [5, 5.41) is 0. The molecule has 1 atom stereocenters. The molecule has 0 N–H and O–H groups in total. The molecule has 0 aromatic heterocycles. The number of halogens is 2. The Bertz CT molecular complexity index is 476. The van der Waals surface area contributed by atoms with Crippen LogP contribution in [0, 0.1) is 5.82 Å². The Morgan fingerprint density at radius 2 is 2.00 bits per heavy atom. The standard InChI is InChI=1S/C12H16FIO3S/c1-2-3-4-9-12(14)18(15,16)17-11-8-6-5-7-10(11)13/h5-8,12H,2-4,9H2,1H3. The van der Waals surface area contributed by atoms with E-state index in [4.69, 9.17) is 4.18 Å². The number of alkyl halides is 1. The van der Waals surface area contributed by atoms with Crippen LogP contribution in [0.1, 0.15) is 32.6 Å². The molecule has 0 radical (unpaired) electrons. The summed E-state index contributed by atoms with van der Waals surface area (Å²) in [7, 11) is -3.77. The van der Waals surface area contributed by atoms with E-state index in [-0.39, 0.29) is 5.75 Å². The van der Waals surface area contributed by atoms with Crippen LogP contribution in [0.15, 0.2) is 24.3 Å². The van der Waals surface area contributed by atoms with E-state index in [1.165, 1.54) is 24.3 Å². The minimum Gasteiger partial charge on any atom is -0.379 e. The topological polar surface area (TPSA) is 43.4 Å². The maximum atomic E-state index is 13.3. The summed E-state index contributed by atoms with van der Waals surface area (Å²) < 4.78 is 41.2. The van der Waals surface area contributed by atoms with Crippen LogP contribution < -0.4 is 4.18 Å². The highest BCUT2D eigenvalue weighted by Gasteiger charge is 2.25. The van der Waals surface area contributed by atoms with Gasteiger partial charge in [0.05, 0.1) is 0 Å². The molecule has 0 fully saturated rings. The van der Waals surface area contributed by atoms with Crippen molar-refractivity contribution in [1.29, 1.82) is 0 Å². The highest BCUT2D eigenvalue weighted by molar-refractivity contribution is 14.1. The molecule has 0 amide bonds. The second-order valence-corrected chi connectivity index (χ2v) is 7.98. The molecular formula is C12H16FIO3S. The van der Waals surface area contributed by atoms with E-state index in [0.29, 0.717) is 6.42 Å². The van der Waals surface area contributed by atoms with E-state index >= 15 is 0 Å². The molecule has 0 bridgehead atoms. The number of hydrogen-bond acceptors (Lipinski definition) is 3. The quantitative estimate of drug-likeness (QED) is 0.309. The molecule has 1 aromatic rings. The zero-order valence-electron chi connectivity index (χ0n) is 10.1. The molecule has 6 heteroatoms. The number of hydrogen-bond donors (Lipinski definition) is 0.